The van der Waals surface area contributed by atoms with Crippen molar-refractivity contribution in [2.45, 2.75) is 43.7 Å². The van der Waals surface area contributed by atoms with E-state index in [0.29, 0.717) is 6.04 Å². The molecule has 0 spiro atoms. The van der Waals surface area contributed by atoms with Gasteiger partial charge in [0.15, 0.2) is 0 Å². The molecule has 3 nitrogen and oxygen atoms in total. The van der Waals surface area contributed by atoms with Crippen LogP contribution in [0, 0.1) is 0 Å². The largest absolute Gasteiger partial charge is 0.381 e. The predicted octanol–water partition coefficient (Wildman–Crippen LogP) is 5.07. The van der Waals surface area contributed by atoms with Gasteiger partial charge in [-0.1, -0.05) is 48.5 Å². The second kappa shape index (κ2) is 7.16. The quantitative estimate of drug-likeness (QED) is 0.675. The molecule has 136 valence electrons. The van der Waals surface area contributed by atoms with E-state index in [0.717, 1.165) is 6.42 Å². The Morgan fingerprint density at radius 3 is 2.42 bits per heavy atom. The topological polar surface area (TPSA) is 31.1 Å². The van der Waals surface area contributed by atoms with Crippen molar-refractivity contribution in [2.75, 3.05) is 19.4 Å². The Morgan fingerprint density at radius 1 is 1.00 bits per heavy atom. The lowest BCUT2D eigenvalue weighted by Gasteiger charge is -2.45. The zero-order valence-electron chi connectivity index (χ0n) is 15.8. The van der Waals surface area contributed by atoms with Crippen molar-refractivity contribution in [3.05, 3.63) is 66.4 Å². The van der Waals surface area contributed by atoms with Crippen LogP contribution in [0.1, 0.15) is 31.2 Å². The van der Waals surface area contributed by atoms with Crippen molar-refractivity contribution in [3.8, 4) is 0 Å². The second-order valence-electron chi connectivity index (χ2n) is 7.95. The van der Waals surface area contributed by atoms with E-state index < -0.39 is 0 Å². The summed E-state index contributed by atoms with van der Waals surface area (Å²) in [4.78, 5) is 5.83. The average molecular weight is 348 g/mol. The molecular weight excluding hydrogens is 318 g/mol. The number of hydrogen-bond donors (Lipinski definition) is 2. The van der Waals surface area contributed by atoms with E-state index in [1.807, 2.05) is 0 Å². The maximum atomic E-state index is 3.79. The van der Waals surface area contributed by atoms with Gasteiger partial charge in [-0.05, 0) is 57.8 Å². The maximum Gasteiger partial charge on any atom is 0.0600 e. The summed E-state index contributed by atoms with van der Waals surface area (Å²) in [6.45, 7) is 0. The van der Waals surface area contributed by atoms with Gasteiger partial charge in [-0.15, -0.1) is 0 Å². The number of anilines is 1. The van der Waals surface area contributed by atoms with Crippen molar-refractivity contribution in [2.24, 2.45) is 0 Å². The first-order valence-electron chi connectivity index (χ1n) is 9.70. The van der Waals surface area contributed by atoms with Crippen LogP contribution < -0.4 is 5.32 Å². The molecule has 0 radical (unpaired) electrons. The molecule has 0 bridgehead atoms. The van der Waals surface area contributed by atoms with Gasteiger partial charge in [-0.2, -0.15) is 0 Å². The van der Waals surface area contributed by atoms with Crippen molar-refractivity contribution >= 4 is 16.6 Å². The first-order valence-corrected chi connectivity index (χ1v) is 9.70. The Labute approximate surface area is 156 Å². The van der Waals surface area contributed by atoms with Crippen LogP contribution in [-0.4, -0.2) is 35.6 Å². The summed E-state index contributed by atoms with van der Waals surface area (Å²) >= 11 is 0. The number of para-hydroxylation sites is 1. The fourth-order valence-electron chi connectivity index (χ4n) is 4.47. The van der Waals surface area contributed by atoms with Crippen LogP contribution in [0.2, 0.25) is 0 Å². The number of benzene rings is 2. The van der Waals surface area contributed by atoms with E-state index >= 15 is 0 Å². The minimum absolute atomic E-state index is 0.278. The fraction of sp³-hybridized carbons (Fsp3) is 0.391. The molecule has 2 aromatic carbocycles. The number of aromatic amines is 1. The minimum atomic E-state index is 0.278. The van der Waals surface area contributed by atoms with E-state index in [4.69, 9.17) is 0 Å². The highest BCUT2D eigenvalue weighted by molar-refractivity contribution is 5.92. The SMILES string of the molecule is CN(C)C1(Cc2ccccc2)CCC(Nc2c[nH]c3ccccc23)CC1. The number of aromatic nitrogens is 1. The Bertz CT molecular complexity index is 842. The van der Waals surface area contributed by atoms with Gasteiger partial charge in [0.2, 0.25) is 0 Å². The van der Waals surface area contributed by atoms with Crippen LogP contribution in [0.15, 0.2) is 60.8 Å². The third-order valence-corrected chi connectivity index (χ3v) is 6.19. The van der Waals surface area contributed by atoms with E-state index in [-0.39, 0.29) is 5.54 Å². The first kappa shape index (κ1) is 17.2. The lowest BCUT2D eigenvalue weighted by Crippen LogP contribution is -2.50. The summed E-state index contributed by atoms with van der Waals surface area (Å²) in [7, 11) is 4.49. The van der Waals surface area contributed by atoms with Crippen LogP contribution in [0.25, 0.3) is 10.9 Å². The highest BCUT2D eigenvalue weighted by Crippen LogP contribution is 2.37. The van der Waals surface area contributed by atoms with Gasteiger partial charge < -0.3 is 15.2 Å². The standard InChI is InChI=1S/C23H29N3/c1-26(2)23(16-18-8-4-3-5-9-18)14-12-19(13-15-23)25-22-17-24-21-11-7-6-10-20(21)22/h3-11,17,19,24-25H,12-16H2,1-2H3. The number of nitrogens with one attached hydrogen (secondary N) is 2. The molecule has 0 saturated heterocycles. The van der Waals surface area contributed by atoms with E-state index in [1.54, 1.807) is 0 Å². The van der Waals surface area contributed by atoms with E-state index in [2.05, 4.69) is 90.1 Å². The Hall–Kier alpha value is -2.26. The number of fused-ring (bicyclic) bond motifs is 1. The monoisotopic (exact) mass is 347 g/mol. The van der Waals surface area contributed by atoms with Gasteiger partial charge in [0.25, 0.3) is 0 Å². The maximum absolute atomic E-state index is 3.79. The zero-order chi connectivity index (χ0) is 18.0. The zero-order valence-corrected chi connectivity index (χ0v) is 15.8. The Morgan fingerprint density at radius 2 is 1.69 bits per heavy atom. The molecule has 1 aliphatic carbocycles. The van der Waals surface area contributed by atoms with Crippen LogP contribution in [-0.2, 0) is 6.42 Å². The van der Waals surface area contributed by atoms with Gasteiger partial charge in [0, 0.05) is 28.7 Å². The average Bonchev–Trinajstić information content (AvgIpc) is 3.07. The molecule has 0 amide bonds. The highest BCUT2D eigenvalue weighted by atomic mass is 15.1. The van der Waals surface area contributed by atoms with Crippen LogP contribution in [0.4, 0.5) is 5.69 Å². The van der Waals surface area contributed by atoms with E-state index in [9.17, 15) is 0 Å². The predicted molar refractivity (Wildman–Crippen MR) is 111 cm³/mol. The fourth-order valence-corrected chi connectivity index (χ4v) is 4.47. The molecule has 0 aliphatic heterocycles. The summed E-state index contributed by atoms with van der Waals surface area (Å²) in [5.41, 5.74) is 4.17. The number of likely N-dealkylation sites (N-methyl/N-ethyl adjacent to an activating group) is 1. The summed E-state index contributed by atoms with van der Waals surface area (Å²) < 4.78 is 0. The van der Waals surface area contributed by atoms with Crippen LogP contribution in [0.3, 0.4) is 0 Å². The molecule has 1 fully saturated rings. The highest BCUT2D eigenvalue weighted by Gasteiger charge is 2.37. The van der Waals surface area contributed by atoms with Gasteiger partial charge >= 0.3 is 0 Å². The third-order valence-electron chi connectivity index (χ3n) is 6.19. The number of H-pyrrole nitrogens is 1. The molecular formula is C23H29N3. The molecule has 2 N–H and O–H groups in total. The molecule has 4 rings (SSSR count). The summed E-state index contributed by atoms with van der Waals surface area (Å²) in [6, 6.07) is 20.0. The molecule has 1 aliphatic rings. The van der Waals surface area contributed by atoms with Crippen LogP contribution in [0.5, 0.6) is 0 Å². The molecule has 0 unspecified atom stereocenters. The van der Waals surface area contributed by atoms with Crippen molar-refractivity contribution < 1.29 is 0 Å². The van der Waals surface area contributed by atoms with Gasteiger partial charge in [0.05, 0.1) is 5.69 Å². The van der Waals surface area contributed by atoms with E-state index in [1.165, 1.54) is 47.8 Å². The normalized spacial score (nSPS) is 23.4. The number of nitrogens with zero attached hydrogens (tertiary/aromatic N) is 1. The Kier molecular flexibility index (Phi) is 4.73. The smallest absolute Gasteiger partial charge is 0.0600 e. The summed E-state index contributed by atoms with van der Waals surface area (Å²) in [5.74, 6) is 0. The molecule has 3 aromatic rings. The Balaban J connectivity index is 1.45. The molecule has 1 heterocycles. The number of rotatable bonds is 5. The molecule has 0 atom stereocenters. The lowest BCUT2D eigenvalue weighted by molar-refractivity contribution is 0.0960. The van der Waals surface area contributed by atoms with Gasteiger partial charge in [0.1, 0.15) is 0 Å². The molecule has 1 aromatic heterocycles. The van der Waals surface area contributed by atoms with Crippen LogP contribution >= 0.6 is 0 Å². The summed E-state index contributed by atoms with van der Waals surface area (Å²) in [6.07, 6.45) is 8.14. The number of hydrogen-bond acceptors (Lipinski definition) is 2. The lowest BCUT2D eigenvalue weighted by atomic mass is 9.75. The van der Waals surface area contributed by atoms with Gasteiger partial charge in [-0.25, -0.2) is 0 Å². The molecule has 1 saturated carbocycles. The minimum Gasteiger partial charge on any atom is -0.381 e. The first-order chi connectivity index (χ1) is 12.7. The van der Waals surface area contributed by atoms with Crippen molar-refractivity contribution in [3.63, 3.8) is 0 Å². The van der Waals surface area contributed by atoms with Crippen molar-refractivity contribution in [1.82, 2.24) is 9.88 Å². The summed E-state index contributed by atoms with van der Waals surface area (Å²) in [5, 5.41) is 5.09. The van der Waals surface area contributed by atoms with Crippen molar-refractivity contribution in [1.29, 1.82) is 0 Å². The third kappa shape index (κ3) is 3.36. The molecule has 3 heteroatoms. The van der Waals surface area contributed by atoms with Gasteiger partial charge in [-0.3, -0.25) is 0 Å². The molecule has 26 heavy (non-hydrogen) atoms. The second-order valence-corrected chi connectivity index (χ2v) is 7.95.